The summed E-state index contributed by atoms with van der Waals surface area (Å²) in [6, 6.07) is 7.15. The molecule has 0 atom stereocenters. The summed E-state index contributed by atoms with van der Waals surface area (Å²) in [6.45, 7) is 10.1. The van der Waals surface area contributed by atoms with Crippen LogP contribution in [0.3, 0.4) is 0 Å². The Balaban J connectivity index is 2.30. The monoisotopic (exact) mass is 406 g/mol. The first kappa shape index (κ1) is 21.3. The molecule has 27 heavy (non-hydrogen) atoms. The van der Waals surface area contributed by atoms with Gasteiger partial charge in [0.1, 0.15) is 0 Å². The Kier molecular flexibility index (Phi) is 6.97. The van der Waals surface area contributed by atoms with E-state index < -0.39 is 10.0 Å². The van der Waals surface area contributed by atoms with Gasteiger partial charge < -0.3 is 5.32 Å². The number of nitrogens with zero attached hydrogens (tertiary/aromatic N) is 1. The van der Waals surface area contributed by atoms with Gasteiger partial charge in [-0.3, -0.25) is 4.79 Å². The molecule has 0 aliphatic rings. The van der Waals surface area contributed by atoms with E-state index in [0.717, 1.165) is 16.0 Å². The summed E-state index contributed by atoms with van der Waals surface area (Å²) in [7, 11) is -3.59. The van der Waals surface area contributed by atoms with Gasteiger partial charge in [-0.2, -0.15) is 4.31 Å². The number of rotatable bonds is 7. The minimum atomic E-state index is -3.59. The van der Waals surface area contributed by atoms with Crippen molar-refractivity contribution < 1.29 is 13.2 Å². The average molecular weight is 407 g/mol. The molecule has 1 amide bonds. The van der Waals surface area contributed by atoms with Gasteiger partial charge >= 0.3 is 0 Å². The van der Waals surface area contributed by atoms with Crippen LogP contribution in [-0.4, -0.2) is 31.7 Å². The van der Waals surface area contributed by atoms with Crippen molar-refractivity contribution in [3.8, 4) is 0 Å². The highest BCUT2D eigenvalue weighted by molar-refractivity contribution is 7.89. The Morgan fingerprint density at radius 2 is 1.81 bits per heavy atom. The molecule has 0 radical (unpaired) electrons. The number of nitrogens with one attached hydrogen (secondary N) is 1. The van der Waals surface area contributed by atoms with Crippen LogP contribution in [-0.2, 0) is 14.8 Å². The van der Waals surface area contributed by atoms with Crippen molar-refractivity contribution in [3.05, 3.63) is 51.2 Å². The van der Waals surface area contributed by atoms with E-state index in [2.05, 4.69) is 5.32 Å². The first-order valence-electron chi connectivity index (χ1n) is 8.86. The number of carbonyl (C=O) groups excluding carboxylic acids is 1. The SMILES string of the molecule is CCN(CC)S(=O)(=O)c1cc(C)c(C)c(NC(=O)/C=C/c2ccc(C)s2)c1. The van der Waals surface area contributed by atoms with Crippen LogP contribution >= 0.6 is 11.3 Å². The number of anilines is 1. The molecular weight excluding hydrogens is 380 g/mol. The molecule has 0 saturated heterocycles. The third-order valence-corrected chi connectivity index (χ3v) is 7.40. The highest BCUT2D eigenvalue weighted by Gasteiger charge is 2.23. The standard InChI is InChI=1S/C20H26N2O3S2/c1-6-22(7-2)27(24,25)18-12-14(3)16(5)19(13-18)21-20(23)11-10-17-9-8-15(4)26-17/h8-13H,6-7H2,1-5H3,(H,21,23)/b11-10+. The molecule has 1 N–H and O–H groups in total. The van der Waals surface area contributed by atoms with Gasteiger partial charge in [0.15, 0.2) is 0 Å². The van der Waals surface area contributed by atoms with Crippen molar-refractivity contribution in [2.24, 2.45) is 0 Å². The van der Waals surface area contributed by atoms with Crippen LogP contribution in [0.4, 0.5) is 5.69 Å². The molecule has 0 aliphatic carbocycles. The van der Waals surface area contributed by atoms with Gasteiger partial charge in [-0.15, -0.1) is 11.3 Å². The molecule has 0 bridgehead atoms. The van der Waals surface area contributed by atoms with Gasteiger partial charge in [-0.1, -0.05) is 13.8 Å². The Morgan fingerprint density at radius 1 is 1.15 bits per heavy atom. The van der Waals surface area contributed by atoms with Crippen molar-refractivity contribution in [3.63, 3.8) is 0 Å². The zero-order valence-corrected chi connectivity index (χ0v) is 18.0. The molecule has 0 spiro atoms. The van der Waals surface area contributed by atoms with Crippen molar-refractivity contribution in [1.29, 1.82) is 0 Å². The molecule has 2 rings (SSSR count). The summed E-state index contributed by atoms with van der Waals surface area (Å²) < 4.78 is 27.0. The highest BCUT2D eigenvalue weighted by Crippen LogP contribution is 2.26. The van der Waals surface area contributed by atoms with Crippen LogP contribution in [0.1, 0.15) is 34.7 Å². The van der Waals surface area contributed by atoms with E-state index in [1.165, 1.54) is 21.3 Å². The zero-order chi connectivity index (χ0) is 20.2. The third kappa shape index (κ3) is 5.06. The number of benzene rings is 1. The number of hydrogen-bond donors (Lipinski definition) is 1. The van der Waals surface area contributed by atoms with E-state index in [0.29, 0.717) is 18.8 Å². The number of carbonyl (C=O) groups is 1. The average Bonchev–Trinajstić information content (AvgIpc) is 3.03. The van der Waals surface area contributed by atoms with Crippen molar-refractivity contribution in [2.75, 3.05) is 18.4 Å². The summed E-state index contributed by atoms with van der Waals surface area (Å²) in [5, 5.41) is 2.81. The maximum atomic E-state index is 12.8. The van der Waals surface area contributed by atoms with Gasteiger partial charge in [-0.25, -0.2) is 8.42 Å². The number of amides is 1. The van der Waals surface area contributed by atoms with Crippen molar-refractivity contribution in [2.45, 2.75) is 39.5 Å². The Labute approximate surface area is 165 Å². The summed E-state index contributed by atoms with van der Waals surface area (Å²) in [5.41, 5.74) is 2.18. The van der Waals surface area contributed by atoms with Crippen LogP contribution in [0, 0.1) is 20.8 Å². The fourth-order valence-corrected chi connectivity index (χ4v) is 5.04. The summed E-state index contributed by atoms with van der Waals surface area (Å²) in [5.74, 6) is -0.291. The van der Waals surface area contributed by atoms with Crippen molar-refractivity contribution in [1.82, 2.24) is 4.31 Å². The fraction of sp³-hybridized carbons (Fsp3) is 0.350. The van der Waals surface area contributed by atoms with Gasteiger partial charge in [0.2, 0.25) is 15.9 Å². The second kappa shape index (κ2) is 8.82. The molecule has 0 fully saturated rings. The van der Waals surface area contributed by atoms with E-state index in [-0.39, 0.29) is 10.8 Å². The Morgan fingerprint density at radius 3 is 2.37 bits per heavy atom. The normalized spacial score (nSPS) is 12.1. The largest absolute Gasteiger partial charge is 0.322 e. The van der Waals surface area contributed by atoms with Crippen LogP contribution in [0.2, 0.25) is 0 Å². The minimum absolute atomic E-state index is 0.197. The van der Waals surface area contributed by atoms with Gasteiger partial charge in [-0.05, 0) is 62.2 Å². The molecule has 2 aromatic rings. The van der Waals surface area contributed by atoms with E-state index in [1.807, 2.05) is 46.8 Å². The molecule has 1 heterocycles. The summed E-state index contributed by atoms with van der Waals surface area (Å²) in [6.07, 6.45) is 3.22. The Hall–Kier alpha value is -1.96. The van der Waals surface area contributed by atoms with Crippen molar-refractivity contribution >= 4 is 39.0 Å². The van der Waals surface area contributed by atoms with E-state index in [1.54, 1.807) is 23.5 Å². The van der Waals surface area contributed by atoms with Crippen LogP contribution in [0.5, 0.6) is 0 Å². The van der Waals surface area contributed by atoms with Gasteiger partial charge in [0.05, 0.1) is 4.90 Å². The van der Waals surface area contributed by atoms with Gasteiger partial charge in [0, 0.05) is 34.6 Å². The fourth-order valence-electron chi connectivity index (χ4n) is 2.69. The third-order valence-electron chi connectivity index (χ3n) is 4.40. The maximum Gasteiger partial charge on any atom is 0.248 e. The van der Waals surface area contributed by atoms with E-state index in [9.17, 15) is 13.2 Å². The number of thiophene rings is 1. The predicted octanol–water partition coefficient (Wildman–Crippen LogP) is 4.36. The minimum Gasteiger partial charge on any atom is -0.322 e. The topological polar surface area (TPSA) is 66.5 Å². The quantitative estimate of drug-likeness (QED) is 0.695. The van der Waals surface area contributed by atoms with Crippen LogP contribution in [0.25, 0.3) is 6.08 Å². The molecule has 146 valence electrons. The first-order valence-corrected chi connectivity index (χ1v) is 11.1. The molecule has 1 aromatic heterocycles. The summed E-state index contributed by atoms with van der Waals surface area (Å²) in [4.78, 5) is 14.7. The molecule has 0 unspecified atom stereocenters. The summed E-state index contributed by atoms with van der Waals surface area (Å²) >= 11 is 1.60. The molecule has 7 heteroatoms. The molecule has 0 saturated carbocycles. The lowest BCUT2D eigenvalue weighted by atomic mass is 10.1. The lowest BCUT2D eigenvalue weighted by Crippen LogP contribution is -2.30. The van der Waals surface area contributed by atoms with E-state index in [4.69, 9.17) is 0 Å². The second-order valence-corrected chi connectivity index (χ2v) is 9.53. The lowest BCUT2D eigenvalue weighted by molar-refractivity contribution is -0.111. The van der Waals surface area contributed by atoms with Crippen LogP contribution in [0.15, 0.2) is 35.2 Å². The predicted molar refractivity (Wildman–Crippen MR) is 113 cm³/mol. The number of aryl methyl sites for hydroxylation is 2. The van der Waals surface area contributed by atoms with E-state index >= 15 is 0 Å². The number of sulfonamides is 1. The van der Waals surface area contributed by atoms with Crippen LogP contribution < -0.4 is 5.32 Å². The molecule has 0 aliphatic heterocycles. The second-order valence-electron chi connectivity index (χ2n) is 6.27. The first-order chi connectivity index (χ1) is 12.7. The lowest BCUT2D eigenvalue weighted by Gasteiger charge is -2.20. The maximum absolute atomic E-state index is 12.8. The number of hydrogen-bond acceptors (Lipinski definition) is 4. The zero-order valence-electron chi connectivity index (χ0n) is 16.4. The molecule has 5 nitrogen and oxygen atoms in total. The molecule has 1 aromatic carbocycles. The Bertz CT molecular complexity index is 956. The molecular formula is C20H26N2O3S2. The smallest absolute Gasteiger partial charge is 0.248 e. The van der Waals surface area contributed by atoms with Gasteiger partial charge in [0.25, 0.3) is 0 Å². The highest BCUT2D eigenvalue weighted by atomic mass is 32.2.